The van der Waals surface area contributed by atoms with Gasteiger partial charge in [-0.1, -0.05) is 6.92 Å². The molecule has 0 aliphatic carbocycles. The average molecular weight is 240 g/mol. The van der Waals surface area contributed by atoms with Crippen LogP contribution in [0.5, 0.6) is 0 Å². The molecule has 0 aliphatic rings. The molecule has 0 atom stereocenters. The van der Waals surface area contributed by atoms with Crippen molar-refractivity contribution in [3.63, 3.8) is 0 Å². The van der Waals surface area contributed by atoms with E-state index in [4.69, 9.17) is 23.8 Å². The van der Waals surface area contributed by atoms with Crippen LogP contribution in [0.15, 0.2) is 0 Å². The van der Waals surface area contributed by atoms with E-state index in [0.29, 0.717) is 16.9 Å². The van der Waals surface area contributed by atoms with E-state index in [1.165, 1.54) is 0 Å². The molecule has 86 valence electrons. The first-order chi connectivity index (χ1) is 6.74. The van der Waals surface area contributed by atoms with Crippen LogP contribution in [-0.2, 0) is 13.6 Å². The van der Waals surface area contributed by atoms with Crippen LogP contribution in [0.4, 0.5) is 0 Å². The lowest BCUT2D eigenvalue weighted by Gasteiger charge is -2.31. The van der Waals surface area contributed by atoms with Gasteiger partial charge in [0.05, 0.1) is 26.4 Å². The van der Waals surface area contributed by atoms with Crippen LogP contribution in [-0.4, -0.2) is 62.3 Å². The van der Waals surface area contributed by atoms with Gasteiger partial charge in [0.15, 0.2) is 5.41 Å². The van der Waals surface area contributed by atoms with Gasteiger partial charge >= 0.3 is 0 Å². The van der Waals surface area contributed by atoms with E-state index < -0.39 is 15.2 Å². The molecule has 0 spiro atoms. The number of rotatable bonds is 9. The third-order valence-corrected chi connectivity index (χ3v) is 4.32. The highest BCUT2D eigenvalue weighted by Gasteiger charge is 2.30. The van der Waals surface area contributed by atoms with Gasteiger partial charge in [0.2, 0.25) is 9.76 Å². The van der Waals surface area contributed by atoms with Crippen LogP contribution in [0.1, 0.15) is 13.3 Å². The van der Waals surface area contributed by atoms with Crippen molar-refractivity contribution in [2.75, 3.05) is 26.4 Å². The van der Waals surface area contributed by atoms with Crippen LogP contribution < -0.4 is 0 Å². The van der Waals surface area contributed by atoms with E-state index in [-0.39, 0.29) is 26.4 Å². The third-order valence-electron chi connectivity index (χ3n) is 1.82. The SMILES string of the molecule is CCC(OCCO)(OCCO)[SiH2]O[SiH3]. The molecule has 0 bridgehead atoms. The predicted octanol–water partition coefficient (Wildman–Crippen LogP) is -2.55. The summed E-state index contributed by atoms with van der Waals surface area (Å²) in [6.07, 6.45) is 0.682. The zero-order valence-electron chi connectivity index (χ0n) is 8.86. The normalized spacial score (nSPS) is 13.1. The first-order valence-corrected chi connectivity index (χ1v) is 6.83. The molecule has 0 saturated carbocycles. The second-order valence-electron chi connectivity index (χ2n) is 2.84. The number of aliphatic hydroxyl groups excluding tert-OH is 2. The largest absolute Gasteiger partial charge is 0.464 e. The van der Waals surface area contributed by atoms with Gasteiger partial charge in [-0.2, -0.15) is 0 Å². The van der Waals surface area contributed by atoms with Crippen LogP contribution in [0, 0.1) is 0 Å². The minimum Gasteiger partial charge on any atom is -0.464 e. The monoisotopic (exact) mass is 240 g/mol. The molecular weight excluding hydrogens is 220 g/mol. The summed E-state index contributed by atoms with van der Waals surface area (Å²) in [6, 6.07) is 0. The molecule has 0 saturated heterocycles. The summed E-state index contributed by atoms with van der Waals surface area (Å²) in [5, 5.41) is 17.3. The molecule has 0 aromatic carbocycles. The van der Waals surface area contributed by atoms with Crippen molar-refractivity contribution in [1.82, 2.24) is 0 Å². The highest BCUT2D eigenvalue weighted by Crippen LogP contribution is 2.16. The Morgan fingerprint density at radius 3 is 2.00 bits per heavy atom. The molecule has 0 radical (unpaired) electrons. The van der Waals surface area contributed by atoms with Crippen molar-refractivity contribution >= 4 is 20.2 Å². The summed E-state index contributed by atoms with van der Waals surface area (Å²) in [4.78, 5) is 0. The average Bonchev–Trinajstić information content (AvgIpc) is 2.22. The lowest BCUT2D eigenvalue weighted by Crippen LogP contribution is -2.44. The van der Waals surface area contributed by atoms with Crippen LogP contribution in [0.2, 0.25) is 0 Å². The molecule has 0 aromatic heterocycles. The Labute approximate surface area is 89.9 Å². The first-order valence-electron chi connectivity index (χ1n) is 4.73. The van der Waals surface area contributed by atoms with Gasteiger partial charge in [0, 0.05) is 0 Å². The summed E-state index contributed by atoms with van der Waals surface area (Å²) < 4.78 is 16.1. The van der Waals surface area contributed by atoms with Crippen LogP contribution in [0.25, 0.3) is 0 Å². The fraction of sp³-hybridized carbons (Fsp3) is 1.00. The van der Waals surface area contributed by atoms with E-state index in [1.54, 1.807) is 0 Å². The van der Waals surface area contributed by atoms with Crippen molar-refractivity contribution in [2.45, 2.75) is 18.8 Å². The second-order valence-corrected chi connectivity index (χ2v) is 6.52. The molecule has 7 heteroatoms. The molecule has 2 N–H and O–H groups in total. The Morgan fingerprint density at radius 1 is 1.21 bits per heavy atom. The van der Waals surface area contributed by atoms with Gasteiger partial charge in [-0.25, -0.2) is 0 Å². The van der Waals surface area contributed by atoms with Gasteiger partial charge in [0.1, 0.15) is 10.5 Å². The van der Waals surface area contributed by atoms with E-state index in [0.717, 1.165) is 0 Å². The smallest absolute Gasteiger partial charge is 0.214 e. The Balaban J connectivity index is 4.11. The topological polar surface area (TPSA) is 68.2 Å². The Morgan fingerprint density at radius 2 is 1.71 bits per heavy atom. The Hall–Kier alpha value is 0.234. The summed E-state index contributed by atoms with van der Waals surface area (Å²) in [5.41, 5.74) is -0.673. The lowest BCUT2D eigenvalue weighted by atomic mass is 10.4. The molecule has 0 fully saturated rings. The molecule has 14 heavy (non-hydrogen) atoms. The summed E-state index contributed by atoms with van der Waals surface area (Å²) in [5.74, 6) is 0. The zero-order chi connectivity index (χ0) is 10.9. The van der Waals surface area contributed by atoms with Crippen LogP contribution >= 0.6 is 0 Å². The lowest BCUT2D eigenvalue weighted by molar-refractivity contribution is -0.194. The summed E-state index contributed by atoms with van der Waals surface area (Å²) >= 11 is 0. The quantitative estimate of drug-likeness (QED) is 0.343. The summed E-state index contributed by atoms with van der Waals surface area (Å²) in [6.45, 7) is 2.39. The van der Waals surface area contributed by atoms with Crippen molar-refractivity contribution in [3.8, 4) is 0 Å². The molecule has 0 aliphatic heterocycles. The maximum absolute atomic E-state index is 8.67. The number of hydrogen-bond acceptors (Lipinski definition) is 5. The Bertz CT molecular complexity index is 127. The predicted molar refractivity (Wildman–Crippen MR) is 58.7 cm³/mol. The second kappa shape index (κ2) is 8.53. The fourth-order valence-corrected chi connectivity index (χ4v) is 3.53. The molecule has 0 aromatic rings. The minimum atomic E-state index is -0.917. The van der Waals surface area contributed by atoms with Gasteiger partial charge in [-0.3, -0.25) is 0 Å². The Kier molecular flexibility index (Phi) is 8.68. The van der Waals surface area contributed by atoms with Crippen molar-refractivity contribution in [1.29, 1.82) is 0 Å². The van der Waals surface area contributed by atoms with E-state index >= 15 is 0 Å². The van der Waals surface area contributed by atoms with Gasteiger partial charge in [-0.05, 0) is 6.42 Å². The molecular formula is C7H20O5Si2. The van der Waals surface area contributed by atoms with E-state index in [1.807, 2.05) is 6.92 Å². The number of ether oxygens (including phenoxy) is 2. The van der Waals surface area contributed by atoms with E-state index in [2.05, 4.69) is 0 Å². The molecule has 0 amide bonds. The fourth-order valence-electron chi connectivity index (χ4n) is 1.11. The third kappa shape index (κ3) is 5.20. The molecule has 5 nitrogen and oxygen atoms in total. The molecule has 0 heterocycles. The zero-order valence-corrected chi connectivity index (χ0v) is 12.3. The van der Waals surface area contributed by atoms with Gasteiger partial charge in [-0.15, -0.1) is 0 Å². The summed E-state index contributed by atoms with van der Waals surface area (Å²) in [7, 11) is -0.248. The van der Waals surface area contributed by atoms with E-state index in [9.17, 15) is 0 Å². The maximum Gasteiger partial charge on any atom is 0.214 e. The van der Waals surface area contributed by atoms with Gasteiger partial charge < -0.3 is 23.8 Å². The molecule has 0 rings (SSSR count). The minimum absolute atomic E-state index is 0.0280. The van der Waals surface area contributed by atoms with Crippen molar-refractivity contribution < 1.29 is 23.8 Å². The number of aliphatic hydroxyl groups is 2. The highest BCUT2D eigenvalue weighted by molar-refractivity contribution is 6.37. The highest BCUT2D eigenvalue weighted by atomic mass is 28.3. The molecule has 0 unspecified atom stereocenters. The standard InChI is InChI=1S/C7H20O5Si2/c1-2-7(14-12-13,10-5-3-8)11-6-4-9/h8-9H,2-6,14H2,1,13H3. The van der Waals surface area contributed by atoms with Crippen molar-refractivity contribution in [2.24, 2.45) is 0 Å². The maximum atomic E-state index is 8.67. The first kappa shape index (κ1) is 14.2. The van der Waals surface area contributed by atoms with Crippen LogP contribution in [0.3, 0.4) is 0 Å². The number of hydrogen-bond donors (Lipinski definition) is 2. The van der Waals surface area contributed by atoms with Gasteiger partial charge in [0.25, 0.3) is 0 Å². The van der Waals surface area contributed by atoms with Crippen molar-refractivity contribution in [3.05, 3.63) is 0 Å².